The van der Waals surface area contributed by atoms with E-state index in [0.29, 0.717) is 0 Å². The molecule has 1 aliphatic carbocycles. The molecule has 0 aromatic rings. The van der Waals surface area contributed by atoms with Crippen molar-refractivity contribution in [1.82, 2.24) is 0 Å². The Kier molecular flexibility index (Phi) is 2.06. The molecule has 0 bridgehead atoms. The highest BCUT2D eigenvalue weighted by molar-refractivity contribution is 8.14. The Hall–Kier alpha value is -0.580. The van der Waals surface area contributed by atoms with Crippen molar-refractivity contribution in [1.29, 1.82) is 0 Å². The lowest BCUT2D eigenvalue weighted by Gasteiger charge is -1.97. The van der Waals surface area contributed by atoms with Crippen LogP contribution in [0.15, 0.2) is 34.5 Å². The molecule has 2 nitrogen and oxygen atoms in total. The highest BCUT2D eigenvalue weighted by Gasteiger charge is 2.19. The molecule has 1 aliphatic heterocycles. The predicted molar refractivity (Wildman–Crippen MR) is 54.0 cm³/mol. The van der Waals surface area contributed by atoms with Crippen LogP contribution in [0.3, 0.4) is 0 Å². The summed E-state index contributed by atoms with van der Waals surface area (Å²) in [6, 6.07) is 7.01. The molecule has 0 N–H and O–H groups in total. The van der Waals surface area contributed by atoms with E-state index in [1.807, 2.05) is 17.5 Å². The van der Waals surface area contributed by atoms with Gasteiger partial charge in [0, 0.05) is 10.7 Å². The van der Waals surface area contributed by atoms with Crippen LogP contribution in [-0.2, 0) is 9.05 Å². The van der Waals surface area contributed by atoms with Crippen molar-refractivity contribution in [3.05, 3.63) is 29.6 Å². The van der Waals surface area contributed by atoms with E-state index in [-0.39, 0.29) is 4.90 Å². The molecule has 0 aromatic carbocycles. The molecule has 0 unspecified atom stereocenters. The van der Waals surface area contributed by atoms with E-state index in [1.165, 1.54) is 17.4 Å². The van der Waals surface area contributed by atoms with E-state index in [4.69, 9.17) is 10.7 Å². The fraction of sp³-hybridized carbons (Fsp3) is 0. The highest BCUT2D eigenvalue weighted by atomic mass is 35.7. The van der Waals surface area contributed by atoms with E-state index < -0.39 is 9.05 Å². The van der Waals surface area contributed by atoms with Gasteiger partial charge in [-0.3, -0.25) is 0 Å². The van der Waals surface area contributed by atoms with Crippen LogP contribution in [0.4, 0.5) is 0 Å². The summed E-state index contributed by atoms with van der Waals surface area (Å²) in [6.07, 6.45) is 0. The maximum absolute atomic E-state index is 11.1. The molecular formula is C8H5ClO2S2. The number of fused-ring (bicyclic) bond motifs is 1. The topological polar surface area (TPSA) is 34.1 Å². The highest BCUT2D eigenvalue weighted by Crippen LogP contribution is 2.35. The summed E-state index contributed by atoms with van der Waals surface area (Å²) >= 11 is 1.37. The van der Waals surface area contributed by atoms with Crippen LogP contribution >= 0.6 is 22.0 Å². The minimum absolute atomic E-state index is 0.203. The molecule has 0 saturated carbocycles. The van der Waals surface area contributed by atoms with Crippen molar-refractivity contribution in [3.8, 4) is 10.4 Å². The molecule has 0 saturated heterocycles. The largest absolute Gasteiger partial charge is 0.262 e. The van der Waals surface area contributed by atoms with Crippen molar-refractivity contribution >= 4 is 31.1 Å². The fourth-order valence-electron chi connectivity index (χ4n) is 1.16. The number of hydrogen-bond acceptors (Lipinski definition) is 3. The van der Waals surface area contributed by atoms with Gasteiger partial charge in [0.1, 0.15) is 4.90 Å². The zero-order valence-corrected chi connectivity index (χ0v) is 8.79. The average Bonchev–Trinajstić information content (AvgIpc) is 2.45. The maximum atomic E-state index is 11.1. The molecule has 0 spiro atoms. The Morgan fingerprint density at radius 3 is 2.69 bits per heavy atom. The Balaban J connectivity index is 2.76. The predicted octanol–water partition coefficient (Wildman–Crippen LogP) is 2.78. The van der Waals surface area contributed by atoms with Gasteiger partial charge in [-0.25, -0.2) is 8.42 Å². The molecule has 0 fully saturated rings. The van der Waals surface area contributed by atoms with Crippen LogP contribution in [0.5, 0.6) is 0 Å². The number of halogens is 1. The first-order chi connectivity index (χ1) is 6.09. The second kappa shape index (κ2) is 2.97. The van der Waals surface area contributed by atoms with E-state index in [1.54, 1.807) is 6.07 Å². The summed E-state index contributed by atoms with van der Waals surface area (Å²) in [5.41, 5.74) is 0.909. The van der Waals surface area contributed by atoms with E-state index in [2.05, 4.69) is 0 Å². The lowest BCUT2D eigenvalue weighted by atomic mass is 10.3. The quantitative estimate of drug-likeness (QED) is 0.709. The molecule has 1 heterocycles. The molecule has 0 amide bonds. The summed E-state index contributed by atoms with van der Waals surface area (Å²) in [5, 5.41) is 1.83. The Morgan fingerprint density at radius 2 is 2.00 bits per heavy atom. The first-order valence-corrected chi connectivity index (χ1v) is 6.69. The van der Waals surface area contributed by atoms with Crippen LogP contribution < -0.4 is 0 Å². The molecule has 0 aromatic heterocycles. The van der Waals surface area contributed by atoms with E-state index in [0.717, 1.165) is 10.4 Å². The van der Waals surface area contributed by atoms with Crippen LogP contribution in [0.25, 0.3) is 10.4 Å². The average molecular weight is 233 g/mol. The van der Waals surface area contributed by atoms with Crippen molar-refractivity contribution < 1.29 is 8.42 Å². The zero-order chi connectivity index (χ0) is 9.47. The Labute approximate surface area is 84.5 Å². The standard InChI is InChI=1S/C8H5ClO2S2/c9-13(10,11)7-4-3-6-2-1-5-12-8(6)7/h1-5H. The molecule has 0 radical (unpaired) electrons. The second-order valence-electron chi connectivity index (χ2n) is 2.53. The molecular weight excluding hydrogens is 228 g/mol. The van der Waals surface area contributed by atoms with Gasteiger partial charge in [-0.2, -0.15) is 0 Å². The summed E-state index contributed by atoms with van der Waals surface area (Å²) in [7, 11) is 1.65. The Bertz CT molecular complexity index is 501. The smallest absolute Gasteiger partial charge is 0.207 e. The first-order valence-electron chi connectivity index (χ1n) is 3.50. The van der Waals surface area contributed by atoms with Gasteiger partial charge in [0.15, 0.2) is 0 Å². The normalized spacial score (nSPS) is 12.1. The first kappa shape index (κ1) is 8.99. The second-order valence-corrected chi connectivity index (χ2v) is 5.98. The maximum Gasteiger partial charge on any atom is 0.262 e. The third-order valence-electron chi connectivity index (χ3n) is 1.70. The summed E-state index contributed by atoms with van der Waals surface area (Å²) < 4.78 is 22.2. The van der Waals surface area contributed by atoms with Crippen molar-refractivity contribution in [3.63, 3.8) is 0 Å². The summed E-state index contributed by atoms with van der Waals surface area (Å²) in [6.45, 7) is 0. The molecule has 0 atom stereocenters. The molecule has 13 heavy (non-hydrogen) atoms. The van der Waals surface area contributed by atoms with Gasteiger partial charge in [-0.15, -0.1) is 11.3 Å². The summed E-state index contributed by atoms with van der Waals surface area (Å²) in [5.74, 6) is 0. The van der Waals surface area contributed by atoms with Crippen LogP contribution in [0.2, 0.25) is 0 Å². The minimum atomic E-state index is -3.60. The third kappa shape index (κ3) is 1.57. The van der Waals surface area contributed by atoms with Gasteiger partial charge in [0.05, 0.1) is 4.88 Å². The van der Waals surface area contributed by atoms with E-state index in [9.17, 15) is 8.42 Å². The molecule has 2 rings (SSSR count). The van der Waals surface area contributed by atoms with Gasteiger partial charge in [-0.1, -0.05) is 18.2 Å². The van der Waals surface area contributed by atoms with E-state index >= 15 is 0 Å². The number of hydrogen-bond donors (Lipinski definition) is 0. The van der Waals surface area contributed by atoms with Crippen LogP contribution in [-0.4, -0.2) is 8.42 Å². The van der Waals surface area contributed by atoms with Crippen molar-refractivity contribution in [2.45, 2.75) is 4.90 Å². The lowest BCUT2D eigenvalue weighted by Crippen LogP contribution is -1.88. The SMILES string of the molecule is O=S(=O)(Cl)c1ccc2cccsc1-2. The zero-order valence-electron chi connectivity index (χ0n) is 6.40. The Morgan fingerprint density at radius 1 is 1.23 bits per heavy atom. The van der Waals surface area contributed by atoms with Crippen LogP contribution in [0.1, 0.15) is 0 Å². The van der Waals surface area contributed by atoms with Gasteiger partial charge >= 0.3 is 0 Å². The molecule has 68 valence electrons. The monoisotopic (exact) mass is 232 g/mol. The van der Waals surface area contributed by atoms with Crippen molar-refractivity contribution in [2.24, 2.45) is 0 Å². The number of rotatable bonds is 1. The fourth-order valence-corrected chi connectivity index (χ4v) is 3.47. The van der Waals surface area contributed by atoms with Gasteiger partial charge < -0.3 is 0 Å². The van der Waals surface area contributed by atoms with Crippen molar-refractivity contribution in [2.75, 3.05) is 0 Å². The summed E-state index contributed by atoms with van der Waals surface area (Å²) in [4.78, 5) is 0.923. The minimum Gasteiger partial charge on any atom is -0.207 e. The third-order valence-corrected chi connectivity index (χ3v) is 4.18. The van der Waals surface area contributed by atoms with Gasteiger partial charge in [-0.05, 0) is 17.0 Å². The molecule has 5 heteroatoms. The van der Waals surface area contributed by atoms with Crippen LogP contribution in [0, 0.1) is 0 Å². The molecule has 2 aliphatic rings. The van der Waals surface area contributed by atoms with Gasteiger partial charge in [0.25, 0.3) is 9.05 Å². The lowest BCUT2D eigenvalue weighted by molar-refractivity contribution is 0.610. The van der Waals surface area contributed by atoms with Gasteiger partial charge in [0.2, 0.25) is 0 Å².